The molecule has 0 aliphatic heterocycles. The van der Waals surface area contributed by atoms with Crippen molar-refractivity contribution in [3.63, 3.8) is 0 Å². The molecular weight excluding hydrogens is 286 g/mol. The second kappa shape index (κ2) is 6.14. The number of aromatic nitrogens is 3. The van der Waals surface area contributed by atoms with Crippen molar-refractivity contribution in [1.82, 2.24) is 14.5 Å². The van der Waals surface area contributed by atoms with Gasteiger partial charge < -0.3 is 9.30 Å². The molecule has 0 radical (unpaired) electrons. The number of hydrogen-bond acceptors (Lipinski definition) is 3. The Morgan fingerprint density at radius 1 is 1.19 bits per heavy atom. The topological polar surface area (TPSA) is 39.9 Å². The fourth-order valence-corrected chi connectivity index (χ4v) is 2.57. The van der Waals surface area contributed by atoms with Crippen molar-refractivity contribution >= 4 is 22.6 Å². The van der Waals surface area contributed by atoms with Gasteiger partial charge in [0.2, 0.25) is 0 Å². The van der Waals surface area contributed by atoms with Crippen molar-refractivity contribution in [1.29, 1.82) is 0 Å². The summed E-state index contributed by atoms with van der Waals surface area (Å²) >= 11 is 5.91. The number of methoxy groups -OCH3 is 1. The Morgan fingerprint density at radius 2 is 2.00 bits per heavy atom. The molecule has 0 unspecified atom stereocenters. The number of halogens is 1. The molecule has 3 rings (SSSR count). The fourth-order valence-electron chi connectivity index (χ4n) is 2.40. The van der Waals surface area contributed by atoms with E-state index in [-0.39, 0.29) is 0 Å². The van der Waals surface area contributed by atoms with E-state index in [9.17, 15) is 0 Å². The first kappa shape index (κ1) is 13.9. The molecule has 0 aliphatic rings. The predicted molar refractivity (Wildman–Crippen MR) is 84.0 cm³/mol. The van der Waals surface area contributed by atoms with Crippen molar-refractivity contribution < 1.29 is 4.74 Å². The van der Waals surface area contributed by atoms with E-state index in [0.29, 0.717) is 5.88 Å². The van der Waals surface area contributed by atoms with Gasteiger partial charge in [0.25, 0.3) is 0 Å². The molecule has 0 atom stereocenters. The van der Waals surface area contributed by atoms with Crippen molar-refractivity contribution in [2.24, 2.45) is 0 Å². The molecule has 2 heterocycles. The quantitative estimate of drug-likeness (QED) is 0.679. The largest absolute Gasteiger partial charge is 0.497 e. The molecule has 0 spiro atoms. The van der Waals surface area contributed by atoms with Crippen LogP contribution >= 0.6 is 11.6 Å². The molecule has 0 fully saturated rings. The molecule has 0 saturated carbocycles. The Labute approximate surface area is 128 Å². The highest BCUT2D eigenvalue weighted by molar-refractivity contribution is 6.17. The minimum Gasteiger partial charge on any atom is -0.497 e. The minimum atomic E-state index is 0.552. The normalized spacial score (nSPS) is 11.0. The lowest BCUT2D eigenvalue weighted by molar-refractivity contribution is 0.415. The first-order valence-corrected chi connectivity index (χ1v) is 7.33. The summed E-state index contributed by atoms with van der Waals surface area (Å²) in [6.45, 7) is 0.748. The van der Waals surface area contributed by atoms with Crippen LogP contribution in [0.25, 0.3) is 11.0 Å². The number of aryl methyl sites for hydroxylation is 1. The summed E-state index contributed by atoms with van der Waals surface area (Å²) in [6.07, 6.45) is 4.34. The molecule has 3 aromatic rings. The summed E-state index contributed by atoms with van der Waals surface area (Å²) in [5.41, 5.74) is 3.21. The summed E-state index contributed by atoms with van der Waals surface area (Å²) in [7, 11) is 1.67. The SMILES string of the molecule is COc1ccc2nc(CCCl)n(Cc3ccncc3)c2c1. The molecule has 0 amide bonds. The molecular formula is C16H16ClN3O. The Balaban J connectivity index is 2.10. The van der Waals surface area contributed by atoms with Gasteiger partial charge in [0, 0.05) is 37.3 Å². The molecule has 4 nitrogen and oxygen atoms in total. The average molecular weight is 302 g/mol. The molecule has 2 aromatic heterocycles. The van der Waals surface area contributed by atoms with Gasteiger partial charge in [-0.2, -0.15) is 0 Å². The first-order chi connectivity index (χ1) is 10.3. The van der Waals surface area contributed by atoms with Crippen LogP contribution in [-0.4, -0.2) is 27.5 Å². The average Bonchev–Trinajstić information content (AvgIpc) is 2.86. The monoisotopic (exact) mass is 301 g/mol. The summed E-state index contributed by atoms with van der Waals surface area (Å²) < 4.78 is 7.51. The Bertz CT molecular complexity index is 740. The number of hydrogen-bond donors (Lipinski definition) is 0. The first-order valence-electron chi connectivity index (χ1n) is 6.80. The van der Waals surface area contributed by atoms with E-state index in [1.54, 1.807) is 19.5 Å². The van der Waals surface area contributed by atoms with Gasteiger partial charge in [0.1, 0.15) is 11.6 Å². The Kier molecular flexibility index (Phi) is 4.06. The maximum atomic E-state index is 5.91. The van der Waals surface area contributed by atoms with Crippen molar-refractivity contribution in [3.05, 3.63) is 54.1 Å². The number of imidazole rings is 1. The number of fused-ring (bicyclic) bond motifs is 1. The maximum absolute atomic E-state index is 5.91. The van der Waals surface area contributed by atoms with Crippen LogP contribution < -0.4 is 4.74 Å². The molecule has 21 heavy (non-hydrogen) atoms. The third kappa shape index (κ3) is 2.85. The molecule has 108 valence electrons. The lowest BCUT2D eigenvalue weighted by Crippen LogP contribution is -2.06. The molecule has 5 heteroatoms. The van der Waals surface area contributed by atoms with Gasteiger partial charge in [0.15, 0.2) is 0 Å². The van der Waals surface area contributed by atoms with Gasteiger partial charge in [-0.25, -0.2) is 4.98 Å². The summed E-state index contributed by atoms with van der Waals surface area (Å²) in [6, 6.07) is 9.94. The lowest BCUT2D eigenvalue weighted by Gasteiger charge is -2.09. The van der Waals surface area contributed by atoms with E-state index >= 15 is 0 Å². The van der Waals surface area contributed by atoms with E-state index < -0.39 is 0 Å². The van der Waals surface area contributed by atoms with Crippen molar-refractivity contribution in [2.45, 2.75) is 13.0 Å². The Morgan fingerprint density at radius 3 is 2.71 bits per heavy atom. The highest BCUT2D eigenvalue weighted by atomic mass is 35.5. The number of pyridine rings is 1. The van der Waals surface area contributed by atoms with Crippen LogP contribution in [0, 0.1) is 0 Å². The summed E-state index contributed by atoms with van der Waals surface area (Å²) in [5, 5.41) is 0. The van der Waals surface area contributed by atoms with E-state index in [1.165, 1.54) is 5.56 Å². The van der Waals surface area contributed by atoms with Crippen LogP contribution in [0.3, 0.4) is 0 Å². The van der Waals surface area contributed by atoms with E-state index in [4.69, 9.17) is 16.3 Å². The second-order valence-electron chi connectivity index (χ2n) is 4.76. The van der Waals surface area contributed by atoms with Crippen LogP contribution in [0.15, 0.2) is 42.7 Å². The van der Waals surface area contributed by atoms with E-state index in [1.807, 2.05) is 30.3 Å². The van der Waals surface area contributed by atoms with Crippen LogP contribution in [0.4, 0.5) is 0 Å². The van der Waals surface area contributed by atoms with E-state index in [2.05, 4.69) is 14.5 Å². The van der Waals surface area contributed by atoms with Crippen LogP contribution in [0.1, 0.15) is 11.4 Å². The molecule has 0 bridgehead atoms. The van der Waals surface area contributed by atoms with Crippen LogP contribution in [0.2, 0.25) is 0 Å². The number of ether oxygens (including phenoxy) is 1. The van der Waals surface area contributed by atoms with Gasteiger partial charge >= 0.3 is 0 Å². The van der Waals surface area contributed by atoms with Gasteiger partial charge in [-0.15, -0.1) is 11.6 Å². The molecule has 0 N–H and O–H groups in total. The van der Waals surface area contributed by atoms with Gasteiger partial charge in [-0.1, -0.05) is 0 Å². The highest BCUT2D eigenvalue weighted by Gasteiger charge is 2.11. The van der Waals surface area contributed by atoms with Crippen molar-refractivity contribution in [2.75, 3.05) is 13.0 Å². The van der Waals surface area contributed by atoms with Crippen LogP contribution in [-0.2, 0) is 13.0 Å². The highest BCUT2D eigenvalue weighted by Crippen LogP contribution is 2.23. The zero-order valence-electron chi connectivity index (χ0n) is 11.8. The maximum Gasteiger partial charge on any atom is 0.121 e. The minimum absolute atomic E-state index is 0.552. The Hall–Kier alpha value is -2.07. The molecule has 0 saturated heterocycles. The smallest absolute Gasteiger partial charge is 0.121 e. The van der Waals surface area contributed by atoms with Gasteiger partial charge in [0.05, 0.1) is 18.1 Å². The number of nitrogens with zero attached hydrogens (tertiary/aromatic N) is 3. The second-order valence-corrected chi connectivity index (χ2v) is 5.14. The third-order valence-corrected chi connectivity index (χ3v) is 3.63. The van der Waals surface area contributed by atoms with Gasteiger partial charge in [-0.05, 0) is 29.8 Å². The molecule has 1 aromatic carbocycles. The zero-order chi connectivity index (χ0) is 14.7. The third-order valence-electron chi connectivity index (χ3n) is 3.44. The summed E-state index contributed by atoms with van der Waals surface area (Å²) in [5.74, 6) is 2.37. The summed E-state index contributed by atoms with van der Waals surface area (Å²) in [4.78, 5) is 8.74. The number of alkyl halides is 1. The lowest BCUT2D eigenvalue weighted by atomic mass is 10.2. The zero-order valence-corrected chi connectivity index (χ0v) is 12.5. The van der Waals surface area contributed by atoms with Crippen LogP contribution in [0.5, 0.6) is 5.75 Å². The van der Waals surface area contributed by atoms with Crippen molar-refractivity contribution in [3.8, 4) is 5.75 Å². The number of rotatable bonds is 5. The predicted octanol–water partition coefficient (Wildman–Crippen LogP) is 3.27. The van der Waals surface area contributed by atoms with Gasteiger partial charge in [-0.3, -0.25) is 4.98 Å². The fraction of sp³-hybridized carbons (Fsp3) is 0.250. The van der Waals surface area contributed by atoms with E-state index in [0.717, 1.165) is 35.6 Å². The molecule has 0 aliphatic carbocycles. The standard InChI is InChI=1S/C16H16ClN3O/c1-21-13-2-3-14-15(10-13)20(16(19-14)4-7-17)11-12-5-8-18-9-6-12/h2-3,5-6,8-10H,4,7,11H2,1H3. The number of benzene rings is 1.